The van der Waals surface area contributed by atoms with Gasteiger partial charge in [0.2, 0.25) is 0 Å². The maximum atomic E-state index is 13.4. The van der Waals surface area contributed by atoms with Gasteiger partial charge in [-0.3, -0.25) is 9.59 Å². The van der Waals surface area contributed by atoms with E-state index >= 15 is 0 Å². The summed E-state index contributed by atoms with van der Waals surface area (Å²) in [5.74, 6) is 0.247. The molecule has 0 radical (unpaired) electrons. The number of fused-ring (bicyclic) bond motifs is 1. The lowest BCUT2D eigenvalue weighted by molar-refractivity contribution is -0.261. The summed E-state index contributed by atoms with van der Waals surface area (Å²) in [5.41, 5.74) is 2.04. The predicted octanol–water partition coefficient (Wildman–Crippen LogP) is 8.22. The van der Waals surface area contributed by atoms with Crippen LogP contribution in [0, 0.1) is 6.92 Å². The lowest BCUT2D eigenvalue weighted by atomic mass is 9.96. The number of aryl methyl sites for hydroxylation is 1. The molecule has 1 aliphatic rings. The summed E-state index contributed by atoms with van der Waals surface area (Å²) < 4.78 is 24.5. The van der Waals surface area contributed by atoms with Crippen LogP contribution in [0.25, 0.3) is 11.0 Å². The number of ether oxygens (including phenoxy) is 4. The number of methoxy groups -OCH3 is 1. The Labute approximate surface area is 347 Å². The summed E-state index contributed by atoms with van der Waals surface area (Å²) in [6.07, 6.45) is 10.7. The lowest BCUT2D eigenvalue weighted by Crippen LogP contribution is -2.64. The van der Waals surface area contributed by atoms with Crippen LogP contribution in [0.4, 0.5) is 0 Å². The molecule has 1 aliphatic heterocycles. The molecule has 3 aromatic rings. The standard InChI is InChI=1S/C43H63Cl2N3O9/c1-28-29(41(53)47-37-39(52)38(51)33(26-49)56-42(37)54-5)25-30(44)40(36(28)45)55-27-34-46-31-21-18-19-22-32(31)48(34)24-20-16-14-12-10-8-6-7-9-11-13-15-17-23-35(50)57-43(2,3)4/h18-19,21-22,25,33,37-39,42,49,51-52H,6-17,20,23-24,26-27H2,1-5H3,(H,47,53)/t33-,37-,38-,39-,42+/m1/s1. The summed E-state index contributed by atoms with van der Waals surface area (Å²) in [6, 6.07) is 8.30. The Balaban J connectivity index is 1.21. The number of carbonyl (C=O) groups is 2. The zero-order valence-electron chi connectivity index (χ0n) is 34.2. The largest absolute Gasteiger partial charge is 0.483 e. The van der Waals surface area contributed by atoms with Crippen molar-refractivity contribution in [1.29, 1.82) is 0 Å². The highest BCUT2D eigenvalue weighted by Gasteiger charge is 2.45. The molecule has 1 amide bonds. The van der Waals surface area contributed by atoms with Crippen molar-refractivity contribution in [3.63, 3.8) is 0 Å². The molecular weight excluding hydrogens is 773 g/mol. The van der Waals surface area contributed by atoms with Gasteiger partial charge >= 0.3 is 5.97 Å². The molecule has 5 atom stereocenters. The van der Waals surface area contributed by atoms with Gasteiger partial charge in [-0.15, -0.1) is 0 Å². The average molecular weight is 837 g/mol. The number of esters is 1. The van der Waals surface area contributed by atoms with Crippen molar-refractivity contribution in [3.05, 3.63) is 57.3 Å². The van der Waals surface area contributed by atoms with Crippen molar-refractivity contribution in [1.82, 2.24) is 14.9 Å². The van der Waals surface area contributed by atoms with Crippen LogP contribution in [0.15, 0.2) is 30.3 Å². The van der Waals surface area contributed by atoms with Crippen molar-refractivity contribution in [3.8, 4) is 5.75 Å². The average Bonchev–Trinajstić information content (AvgIpc) is 3.52. The van der Waals surface area contributed by atoms with E-state index in [9.17, 15) is 24.9 Å². The Morgan fingerprint density at radius 2 is 1.51 bits per heavy atom. The number of halogens is 2. The van der Waals surface area contributed by atoms with Gasteiger partial charge in [-0.2, -0.15) is 0 Å². The Hall–Kier alpha value is -2.97. The van der Waals surface area contributed by atoms with Gasteiger partial charge in [-0.25, -0.2) is 4.98 Å². The second kappa shape index (κ2) is 23.0. The fraction of sp³-hybridized carbons (Fsp3) is 0.651. The van der Waals surface area contributed by atoms with Crippen molar-refractivity contribution < 1.29 is 43.9 Å². The van der Waals surface area contributed by atoms with Crippen molar-refractivity contribution >= 4 is 46.1 Å². The van der Waals surface area contributed by atoms with E-state index in [4.69, 9.17) is 47.1 Å². The van der Waals surface area contributed by atoms with Gasteiger partial charge in [0, 0.05) is 25.6 Å². The maximum Gasteiger partial charge on any atom is 0.306 e. The second-order valence-corrected chi connectivity index (χ2v) is 16.8. The minimum atomic E-state index is -1.47. The number of imidazole rings is 1. The van der Waals surface area contributed by atoms with Crippen molar-refractivity contribution in [2.24, 2.45) is 0 Å². The number of carbonyl (C=O) groups excluding carboxylic acids is 2. The molecule has 1 fully saturated rings. The smallest absolute Gasteiger partial charge is 0.306 e. The van der Waals surface area contributed by atoms with E-state index in [1.54, 1.807) is 6.92 Å². The third-order valence-electron chi connectivity index (χ3n) is 10.3. The van der Waals surface area contributed by atoms with Gasteiger partial charge in [-0.1, -0.05) is 106 Å². The molecule has 0 saturated carbocycles. The van der Waals surface area contributed by atoms with Gasteiger partial charge in [0.05, 0.1) is 27.7 Å². The molecule has 12 nitrogen and oxygen atoms in total. The van der Waals surface area contributed by atoms with Crippen LogP contribution >= 0.6 is 23.2 Å². The number of aliphatic hydroxyl groups excluding tert-OH is 3. The SMILES string of the molecule is CO[C@H]1O[C@H](CO)[C@@H](O)[C@H](O)[C@H]1NC(=O)c1cc(Cl)c(OCc2nc3ccccc3n2CCCCCCCCCCCCCCCC(=O)OC(C)(C)C)c(Cl)c1C. The Morgan fingerprint density at radius 1 is 0.912 bits per heavy atom. The third-order valence-corrected chi connectivity index (χ3v) is 11.1. The van der Waals surface area contributed by atoms with E-state index in [1.165, 1.54) is 71.0 Å². The van der Waals surface area contributed by atoms with Crippen molar-refractivity contribution in [2.75, 3.05) is 13.7 Å². The Kier molecular flexibility index (Phi) is 18.8. The number of aliphatic hydroxyl groups is 3. The molecule has 1 saturated heterocycles. The van der Waals surface area contributed by atoms with E-state index in [0.29, 0.717) is 12.0 Å². The van der Waals surface area contributed by atoms with Gasteiger partial charge in [0.25, 0.3) is 5.91 Å². The predicted molar refractivity (Wildman–Crippen MR) is 222 cm³/mol. The molecule has 14 heteroatoms. The highest BCUT2D eigenvalue weighted by molar-refractivity contribution is 6.38. The molecule has 2 aromatic carbocycles. The summed E-state index contributed by atoms with van der Waals surface area (Å²) in [4.78, 5) is 30.1. The molecule has 57 heavy (non-hydrogen) atoms. The van der Waals surface area contributed by atoms with Gasteiger partial charge in [-0.05, 0) is 64.3 Å². The summed E-state index contributed by atoms with van der Waals surface area (Å²) in [6.45, 7) is 7.74. The zero-order chi connectivity index (χ0) is 41.5. The van der Waals surface area contributed by atoms with Crippen molar-refractivity contribution in [2.45, 2.75) is 167 Å². The van der Waals surface area contributed by atoms with E-state index in [0.717, 1.165) is 49.1 Å². The normalized spacial score (nSPS) is 19.9. The number of nitrogens with zero attached hydrogens (tertiary/aromatic N) is 2. The fourth-order valence-electron chi connectivity index (χ4n) is 7.23. The van der Waals surface area contributed by atoms with Crippen LogP contribution in [0.2, 0.25) is 10.0 Å². The van der Waals surface area contributed by atoms with E-state index in [2.05, 4.69) is 16.0 Å². The molecule has 4 N–H and O–H groups in total. The van der Waals surface area contributed by atoms with Crippen LogP contribution in [-0.4, -0.2) is 86.7 Å². The van der Waals surface area contributed by atoms with Crippen LogP contribution < -0.4 is 10.1 Å². The number of para-hydroxylation sites is 2. The number of unbranched alkanes of at least 4 members (excludes halogenated alkanes) is 12. The molecule has 1 aromatic heterocycles. The maximum absolute atomic E-state index is 13.4. The highest BCUT2D eigenvalue weighted by Crippen LogP contribution is 2.38. The van der Waals surface area contributed by atoms with Gasteiger partial charge < -0.3 is 44.2 Å². The fourth-order valence-corrected chi connectivity index (χ4v) is 7.79. The third kappa shape index (κ3) is 13.8. The van der Waals surface area contributed by atoms with Crippen LogP contribution in [-0.2, 0) is 32.2 Å². The number of nitrogens with one attached hydrogen (secondary N) is 1. The highest BCUT2D eigenvalue weighted by atomic mass is 35.5. The molecule has 0 unspecified atom stereocenters. The number of hydrogen-bond donors (Lipinski definition) is 4. The number of aromatic nitrogens is 2. The van der Waals surface area contributed by atoms with E-state index in [1.807, 2.05) is 39.0 Å². The van der Waals surface area contributed by atoms with E-state index < -0.39 is 48.8 Å². The first-order chi connectivity index (χ1) is 27.2. The first kappa shape index (κ1) is 46.7. The van der Waals surface area contributed by atoms with Crippen LogP contribution in [0.1, 0.15) is 132 Å². The number of hydrogen-bond acceptors (Lipinski definition) is 10. The van der Waals surface area contributed by atoms with E-state index in [-0.39, 0.29) is 33.9 Å². The topological polar surface area (TPSA) is 162 Å². The summed E-state index contributed by atoms with van der Waals surface area (Å²) >= 11 is 13.4. The molecule has 4 rings (SSSR count). The Bertz CT molecular complexity index is 1730. The monoisotopic (exact) mass is 835 g/mol. The number of benzene rings is 2. The quantitative estimate of drug-likeness (QED) is 0.0541. The second-order valence-electron chi connectivity index (χ2n) is 16.0. The molecular formula is C43H63Cl2N3O9. The number of rotatable bonds is 23. The molecule has 2 heterocycles. The molecule has 0 spiro atoms. The lowest BCUT2D eigenvalue weighted by Gasteiger charge is -2.41. The van der Waals surface area contributed by atoms with Crippen LogP contribution in [0.3, 0.4) is 0 Å². The first-order valence-electron chi connectivity index (χ1n) is 20.5. The van der Waals surface area contributed by atoms with Gasteiger partial charge in [0.15, 0.2) is 12.0 Å². The van der Waals surface area contributed by atoms with Gasteiger partial charge in [0.1, 0.15) is 42.4 Å². The number of amides is 1. The molecule has 318 valence electrons. The minimum Gasteiger partial charge on any atom is -0.483 e. The minimum absolute atomic E-state index is 0.0924. The molecule has 0 bridgehead atoms. The van der Waals surface area contributed by atoms with Crippen LogP contribution in [0.5, 0.6) is 5.75 Å². The summed E-state index contributed by atoms with van der Waals surface area (Å²) in [7, 11) is 1.33. The molecule has 0 aliphatic carbocycles. The first-order valence-corrected chi connectivity index (χ1v) is 21.2. The Morgan fingerprint density at radius 3 is 2.11 bits per heavy atom. The summed E-state index contributed by atoms with van der Waals surface area (Å²) in [5, 5.41) is 33.4. The zero-order valence-corrected chi connectivity index (χ0v) is 35.7.